The second kappa shape index (κ2) is 8.95. The molecule has 0 bridgehead atoms. The Kier molecular flexibility index (Phi) is 6.65. The van der Waals surface area contributed by atoms with Crippen molar-refractivity contribution in [2.45, 2.75) is 19.4 Å². The van der Waals surface area contributed by atoms with Gasteiger partial charge in [0, 0.05) is 12.6 Å². The molecule has 0 N–H and O–H groups in total. The third kappa shape index (κ3) is 5.29. The summed E-state index contributed by atoms with van der Waals surface area (Å²) in [5.74, 6) is 1.62. The zero-order valence-electron chi connectivity index (χ0n) is 14.5. The summed E-state index contributed by atoms with van der Waals surface area (Å²) in [7, 11) is 3.78. The van der Waals surface area contributed by atoms with Gasteiger partial charge in [0.2, 0.25) is 0 Å². The SMILES string of the molecule is COc1ccc(CC(C)N(C)CCOc2cccc(C#N)c2)cc1. The summed E-state index contributed by atoms with van der Waals surface area (Å²) in [6, 6.07) is 18.0. The minimum atomic E-state index is 0.410. The maximum Gasteiger partial charge on any atom is 0.120 e. The van der Waals surface area contributed by atoms with Crippen molar-refractivity contribution < 1.29 is 9.47 Å². The Morgan fingerprint density at radius 2 is 1.88 bits per heavy atom. The first-order valence-corrected chi connectivity index (χ1v) is 8.08. The molecule has 0 aliphatic heterocycles. The molecule has 1 atom stereocenters. The Balaban J connectivity index is 1.78. The Morgan fingerprint density at radius 3 is 2.54 bits per heavy atom. The van der Waals surface area contributed by atoms with Crippen molar-refractivity contribution >= 4 is 0 Å². The van der Waals surface area contributed by atoms with Crippen LogP contribution in [0.4, 0.5) is 0 Å². The lowest BCUT2D eigenvalue weighted by molar-refractivity contribution is 0.199. The van der Waals surface area contributed by atoms with Gasteiger partial charge >= 0.3 is 0 Å². The molecule has 126 valence electrons. The Labute approximate surface area is 144 Å². The van der Waals surface area contributed by atoms with Crippen molar-refractivity contribution in [1.29, 1.82) is 5.26 Å². The second-order valence-electron chi connectivity index (χ2n) is 5.87. The molecule has 0 fully saturated rings. The third-order valence-corrected chi connectivity index (χ3v) is 4.12. The standard InChI is InChI=1S/C20H24N2O2/c1-16(13-17-7-9-19(23-3)10-8-17)22(2)11-12-24-20-6-4-5-18(14-20)15-21/h4-10,14,16H,11-13H2,1-3H3. The molecule has 4 heteroatoms. The van der Waals surface area contributed by atoms with Crippen molar-refractivity contribution in [2.24, 2.45) is 0 Å². The van der Waals surface area contributed by atoms with Crippen LogP contribution in [-0.4, -0.2) is 38.3 Å². The van der Waals surface area contributed by atoms with E-state index in [1.165, 1.54) is 5.56 Å². The van der Waals surface area contributed by atoms with Crippen LogP contribution in [0.15, 0.2) is 48.5 Å². The molecule has 0 aliphatic carbocycles. The van der Waals surface area contributed by atoms with Crippen LogP contribution in [0, 0.1) is 11.3 Å². The first kappa shape index (κ1) is 17.8. The van der Waals surface area contributed by atoms with Gasteiger partial charge in [-0.25, -0.2) is 0 Å². The molecule has 4 nitrogen and oxygen atoms in total. The first-order valence-electron chi connectivity index (χ1n) is 8.08. The average Bonchev–Trinajstić information content (AvgIpc) is 2.62. The number of methoxy groups -OCH3 is 1. The van der Waals surface area contributed by atoms with E-state index >= 15 is 0 Å². The number of benzene rings is 2. The van der Waals surface area contributed by atoms with Gasteiger partial charge in [-0.15, -0.1) is 0 Å². The fourth-order valence-electron chi connectivity index (χ4n) is 2.44. The molecule has 0 radical (unpaired) electrons. The van der Waals surface area contributed by atoms with Gasteiger partial charge in [0.15, 0.2) is 0 Å². The fourth-order valence-corrected chi connectivity index (χ4v) is 2.44. The number of ether oxygens (including phenoxy) is 2. The molecule has 2 aromatic carbocycles. The summed E-state index contributed by atoms with van der Waals surface area (Å²) in [6.07, 6.45) is 0.977. The molecule has 2 rings (SSSR count). The maximum absolute atomic E-state index is 8.90. The lowest BCUT2D eigenvalue weighted by atomic mass is 10.1. The van der Waals surface area contributed by atoms with Gasteiger partial charge in [0.05, 0.1) is 18.7 Å². The van der Waals surface area contributed by atoms with E-state index in [0.717, 1.165) is 24.5 Å². The fraction of sp³-hybridized carbons (Fsp3) is 0.350. The number of hydrogen-bond acceptors (Lipinski definition) is 4. The minimum Gasteiger partial charge on any atom is -0.497 e. The number of nitrogens with zero attached hydrogens (tertiary/aromatic N) is 2. The van der Waals surface area contributed by atoms with Crippen LogP contribution in [-0.2, 0) is 6.42 Å². The van der Waals surface area contributed by atoms with Gasteiger partial charge in [-0.05, 0) is 56.3 Å². The summed E-state index contributed by atoms with van der Waals surface area (Å²) in [4.78, 5) is 2.28. The highest BCUT2D eigenvalue weighted by Crippen LogP contribution is 2.15. The van der Waals surface area contributed by atoms with E-state index in [9.17, 15) is 0 Å². The molecule has 0 heterocycles. The summed E-state index contributed by atoms with van der Waals surface area (Å²) < 4.78 is 10.9. The highest BCUT2D eigenvalue weighted by molar-refractivity contribution is 5.36. The van der Waals surface area contributed by atoms with Crippen molar-refractivity contribution in [2.75, 3.05) is 27.3 Å². The van der Waals surface area contributed by atoms with Crippen molar-refractivity contribution in [3.05, 3.63) is 59.7 Å². The average molecular weight is 324 g/mol. The summed E-state index contributed by atoms with van der Waals surface area (Å²) in [5, 5.41) is 8.90. The molecule has 0 aliphatic rings. The van der Waals surface area contributed by atoms with E-state index in [1.54, 1.807) is 19.2 Å². The molecule has 0 saturated heterocycles. The minimum absolute atomic E-state index is 0.410. The van der Waals surface area contributed by atoms with E-state index in [4.69, 9.17) is 14.7 Å². The highest BCUT2D eigenvalue weighted by Gasteiger charge is 2.10. The van der Waals surface area contributed by atoms with Crippen LogP contribution < -0.4 is 9.47 Å². The highest BCUT2D eigenvalue weighted by atomic mass is 16.5. The van der Waals surface area contributed by atoms with Gasteiger partial charge in [-0.1, -0.05) is 18.2 Å². The predicted molar refractivity (Wildman–Crippen MR) is 95.4 cm³/mol. The van der Waals surface area contributed by atoms with E-state index in [1.807, 2.05) is 24.3 Å². The van der Waals surface area contributed by atoms with Crippen LogP contribution in [0.2, 0.25) is 0 Å². The molecule has 24 heavy (non-hydrogen) atoms. The monoisotopic (exact) mass is 324 g/mol. The smallest absolute Gasteiger partial charge is 0.120 e. The molecule has 2 aromatic rings. The van der Waals surface area contributed by atoms with E-state index < -0.39 is 0 Å². The molecule has 0 saturated carbocycles. The zero-order valence-corrected chi connectivity index (χ0v) is 14.5. The van der Waals surface area contributed by atoms with Crippen molar-refractivity contribution in [3.8, 4) is 17.6 Å². The number of hydrogen-bond donors (Lipinski definition) is 0. The van der Waals surface area contributed by atoms with Crippen LogP contribution in [0.3, 0.4) is 0 Å². The van der Waals surface area contributed by atoms with E-state index in [2.05, 4.69) is 37.1 Å². The first-order chi connectivity index (χ1) is 11.6. The zero-order chi connectivity index (χ0) is 17.4. The van der Waals surface area contributed by atoms with Gasteiger partial charge in [0.1, 0.15) is 18.1 Å². The predicted octanol–water partition coefficient (Wildman–Crippen LogP) is 3.51. The Hall–Kier alpha value is -2.51. The molecule has 0 aromatic heterocycles. The normalized spacial score (nSPS) is 11.8. The van der Waals surface area contributed by atoms with Crippen molar-refractivity contribution in [3.63, 3.8) is 0 Å². The summed E-state index contributed by atoms with van der Waals surface area (Å²) in [5.41, 5.74) is 1.91. The van der Waals surface area contributed by atoms with Crippen LogP contribution in [0.25, 0.3) is 0 Å². The van der Waals surface area contributed by atoms with Crippen LogP contribution in [0.1, 0.15) is 18.1 Å². The Bertz CT molecular complexity index is 677. The molecule has 0 amide bonds. The second-order valence-corrected chi connectivity index (χ2v) is 5.87. The van der Waals surface area contributed by atoms with E-state index in [-0.39, 0.29) is 0 Å². The maximum atomic E-state index is 8.90. The van der Waals surface area contributed by atoms with Gasteiger partial charge in [-0.2, -0.15) is 5.26 Å². The molecule has 0 spiro atoms. The number of nitriles is 1. The number of rotatable bonds is 8. The number of likely N-dealkylation sites (N-methyl/N-ethyl adjacent to an activating group) is 1. The lowest BCUT2D eigenvalue weighted by Crippen LogP contribution is -2.34. The summed E-state index contributed by atoms with van der Waals surface area (Å²) >= 11 is 0. The molecule has 1 unspecified atom stereocenters. The van der Waals surface area contributed by atoms with Crippen LogP contribution in [0.5, 0.6) is 11.5 Å². The third-order valence-electron chi connectivity index (χ3n) is 4.12. The van der Waals surface area contributed by atoms with Gasteiger partial charge in [-0.3, -0.25) is 4.90 Å². The Morgan fingerprint density at radius 1 is 1.12 bits per heavy atom. The van der Waals surface area contributed by atoms with Crippen LogP contribution >= 0.6 is 0 Å². The molecular formula is C20H24N2O2. The van der Waals surface area contributed by atoms with E-state index in [0.29, 0.717) is 18.2 Å². The van der Waals surface area contributed by atoms with Gasteiger partial charge in [0.25, 0.3) is 0 Å². The van der Waals surface area contributed by atoms with Gasteiger partial charge < -0.3 is 9.47 Å². The summed E-state index contributed by atoms with van der Waals surface area (Å²) in [6.45, 7) is 3.63. The lowest BCUT2D eigenvalue weighted by Gasteiger charge is -2.24. The molecular weight excluding hydrogens is 300 g/mol. The topological polar surface area (TPSA) is 45.5 Å². The quantitative estimate of drug-likeness (QED) is 0.745. The largest absolute Gasteiger partial charge is 0.497 e. The van der Waals surface area contributed by atoms with Crippen molar-refractivity contribution in [1.82, 2.24) is 4.90 Å².